The summed E-state index contributed by atoms with van der Waals surface area (Å²) in [6.45, 7) is 5.48. The van der Waals surface area contributed by atoms with Crippen LogP contribution in [-0.2, 0) is 46.7 Å². The van der Waals surface area contributed by atoms with E-state index in [1.165, 1.54) is 0 Å². The van der Waals surface area contributed by atoms with Gasteiger partial charge in [-0.3, -0.25) is 14.4 Å². The number of aliphatic carboxylic acids is 3. The molecule has 0 aromatic heterocycles. The lowest BCUT2D eigenvalue weighted by Crippen LogP contribution is -2.41. The van der Waals surface area contributed by atoms with Gasteiger partial charge in [0.2, 0.25) is 0 Å². The van der Waals surface area contributed by atoms with E-state index in [0.717, 1.165) is 66.7 Å². The fourth-order valence-electron chi connectivity index (χ4n) is 8.71. The average Bonchev–Trinajstić information content (AvgIpc) is 4.03. The van der Waals surface area contributed by atoms with Crippen molar-refractivity contribution in [1.82, 2.24) is 26.2 Å². The number of ether oxygens (including phenoxy) is 1. The van der Waals surface area contributed by atoms with E-state index in [1.807, 2.05) is 72.8 Å². The van der Waals surface area contributed by atoms with E-state index in [2.05, 4.69) is 21.3 Å². The van der Waals surface area contributed by atoms with Gasteiger partial charge in [0.05, 0.1) is 24.3 Å². The van der Waals surface area contributed by atoms with Gasteiger partial charge < -0.3 is 46.2 Å². The van der Waals surface area contributed by atoms with Gasteiger partial charge in [0.25, 0.3) is 0 Å². The van der Waals surface area contributed by atoms with Crippen molar-refractivity contribution >= 4 is 23.9 Å². The van der Waals surface area contributed by atoms with E-state index in [1.54, 1.807) is 4.90 Å². The van der Waals surface area contributed by atoms with Crippen molar-refractivity contribution in [2.45, 2.75) is 51.6 Å². The standard InChI is InChI=1S/C44H57N5O8/c50-41(51)38(34-10-13-45-25-34)21-29-4-1-7-32(18-29)24-48-44(56)49(28-33-8-2-5-30(19-33)22-39(42(52)53)35-11-14-46-26-35)16-17-57-37-9-3-6-31(20-37)23-40(43(54)55)36-12-15-47-27-36/h1-9,18-20,34-36,38-40,45-47H,10-17,21-28H2,(H,48,56)(H,50,51)(H,52,53)(H,54,55)/t34-,35-,36-,38-,39-,40-/m0/s1. The summed E-state index contributed by atoms with van der Waals surface area (Å²) in [5.74, 6) is -3.07. The minimum Gasteiger partial charge on any atom is -0.492 e. The molecule has 13 heteroatoms. The number of hydrogen-bond acceptors (Lipinski definition) is 8. The first kappa shape index (κ1) is 41.6. The number of urea groups is 1. The largest absolute Gasteiger partial charge is 0.492 e. The van der Waals surface area contributed by atoms with E-state index in [9.17, 15) is 34.5 Å². The summed E-state index contributed by atoms with van der Waals surface area (Å²) in [5, 5.41) is 42.8. The first-order valence-corrected chi connectivity index (χ1v) is 20.3. The third-order valence-electron chi connectivity index (χ3n) is 11.9. The highest BCUT2D eigenvalue weighted by Crippen LogP contribution is 2.27. The zero-order chi connectivity index (χ0) is 40.1. The lowest BCUT2D eigenvalue weighted by molar-refractivity contribution is -0.144. The lowest BCUT2D eigenvalue weighted by Gasteiger charge is -2.24. The fourth-order valence-corrected chi connectivity index (χ4v) is 8.71. The van der Waals surface area contributed by atoms with Crippen molar-refractivity contribution in [2.24, 2.45) is 35.5 Å². The first-order valence-electron chi connectivity index (χ1n) is 20.3. The summed E-state index contributed by atoms with van der Waals surface area (Å²) in [4.78, 5) is 52.1. The summed E-state index contributed by atoms with van der Waals surface area (Å²) >= 11 is 0. The molecule has 0 radical (unpaired) electrons. The lowest BCUT2D eigenvalue weighted by atomic mass is 9.86. The molecule has 3 aromatic rings. The molecule has 306 valence electrons. The topological polar surface area (TPSA) is 190 Å². The predicted octanol–water partition coefficient (Wildman–Crippen LogP) is 4.04. The van der Waals surface area contributed by atoms with E-state index >= 15 is 0 Å². The summed E-state index contributed by atoms with van der Waals surface area (Å²) in [7, 11) is 0. The molecule has 6 atom stereocenters. The molecule has 0 bridgehead atoms. The molecule has 3 aromatic carbocycles. The highest BCUT2D eigenvalue weighted by Gasteiger charge is 2.33. The predicted molar refractivity (Wildman–Crippen MR) is 215 cm³/mol. The molecule has 0 spiro atoms. The maximum Gasteiger partial charge on any atom is 0.318 e. The van der Waals surface area contributed by atoms with Crippen LogP contribution in [0, 0.1) is 35.5 Å². The Labute approximate surface area is 334 Å². The summed E-state index contributed by atoms with van der Waals surface area (Å²) < 4.78 is 6.16. The second-order valence-electron chi connectivity index (χ2n) is 15.9. The number of carbonyl (C=O) groups excluding carboxylic acids is 1. The molecular formula is C44H57N5O8. The summed E-state index contributed by atoms with van der Waals surface area (Å²) in [6.07, 6.45) is 3.71. The van der Waals surface area contributed by atoms with E-state index in [-0.39, 0.29) is 50.0 Å². The van der Waals surface area contributed by atoms with Crippen LogP contribution in [0.15, 0.2) is 72.8 Å². The number of benzene rings is 3. The van der Waals surface area contributed by atoms with Crippen molar-refractivity contribution in [2.75, 3.05) is 52.4 Å². The monoisotopic (exact) mass is 783 g/mol. The Morgan fingerprint density at radius 3 is 1.54 bits per heavy atom. The Balaban J connectivity index is 1.12. The number of carboxylic acids is 3. The molecule has 0 aliphatic carbocycles. The van der Waals surface area contributed by atoms with E-state index in [4.69, 9.17) is 4.74 Å². The van der Waals surface area contributed by atoms with Gasteiger partial charge >= 0.3 is 23.9 Å². The molecule has 3 saturated heterocycles. The number of rotatable bonds is 20. The second-order valence-corrected chi connectivity index (χ2v) is 15.9. The van der Waals surface area contributed by atoms with Crippen LogP contribution in [0.5, 0.6) is 5.75 Å². The highest BCUT2D eigenvalue weighted by molar-refractivity contribution is 5.74. The first-order chi connectivity index (χ1) is 27.6. The Morgan fingerprint density at radius 1 is 0.632 bits per heavy atom. The molecule has 3 aliphatic rings. The van der Waals surface area contributed by atoms with Gasteiger partial charge in [-0.1, -0.05) is 60.7 Å². The smallest absolute Gasteiger partial charge is 0.318 e. The minimum absolute atomic E-state index is 0.0621. The van der Waals surface area contributed by atoms with Gasteiger partial charge in [-0.05, 0) is 135 Å². The molecule has 3 aliphatic heterocycles. The summed E-state index contributed by atoms with van der Waals surface area (Å²) in [6, 6.07) is 22.6. The zero-order valence-corrected chi connectivity index (χ0v) is 32.5. The second kappa shape index (κ2) is 20.4. The third kappa shape index (κ3) is 12.0. The molecule has 3 heterocycles. The molecule has 0 unspecified atom stereocenters. The van der Waals surface area contributed by atoms with Gasteiger partial charge in [-0.15, -0.1) is 0 Å². The number of carboxylic acid groups (broad SMARTS) is 3. The molecule has 2 amide bonds. The molecule has 0 saturated carbocycles. The van der Waals surface area contributed by atoms with E-state index < -0.39 is 35.7 Å². The minimum atomic E-state index is -0.802. The van der Waals surface area contributed by atoms with Crippen molar-refractivity contribution in [3.63, 3.8) is 0 Å². The van der Waals surface area contributed by atoms with Crippen LogP contribution < -0.4 is 26.0 Å². The SMILES string of the molecule is O=C(O)[C@@H](Cc1cccc(CNC(=O)N(CCOc2cccc(C[C@H](C(=O)O)[C@H]3CCNC3)c2)Cc2cccc(C[C@H](C(=O)O)[C@H]3CCNC3)c2)c1)[C@H]1CCNC1. The Hall–Kier alpha value is -4.98. The Kier molecular flexibility index (Phi) is 14.9. The molecule has 3 fully saturated rings. The van der Waals surface area contributed by atoms with Crippen molar-refractivity contribution < 1.29 is 39.2 Å². The third-order valence-corrected chi connectivity index (χ3v) is 11.9. The van der Waals surface area contributed by atoms with Crippen LogP contribution in [0.25, 0.3) is 0 Å². The maximum atomic E-state index is 13.9. The molecule has 7 N–H and O–H groups in total. The quantitative estimate of drug-likeness (QED) is 0.0877. The van der Waals surface area contributed by atoms with Gasteiger partial charge in [0.15, 0.2) is 0 Å². The van der Waals surface area contributed by atoms with Crippen molar-refractivity contribution in [3.8, 4) is 5.75 Å². The number of hydrogen-bond donors (Lipinski definition) is 7. The van der Waals surface area contributed by atoms with Crippen LogP contribution in [0.2, 0.25) is 0 Å². The van der Waals surface area contributed by atoms with E-state index in [0.29, 0.717) is 44.6 Å². The fraction of sp³-hybridized carbons (Fsp3) is 0.500. The number of amides is 2. The number of carbonyl (C=O) groups is 4. The van der Waals surface area contributed by atoms with Crippen LogP contribution in [0.1, 0.15) is 47.1 Å². The Bertz CT molecular complexity index is 1820. The van der Waals surface area contributed by atoms with Crippen LogP contribution >= 0.6 is 0 Å². The molecule has 57 heavy (non-hydrogen) atoms. The summed E-state index contributed by atoms with van der Waals surface area (Å²) in [5.41, 5.74) is 4.41. The normalized spacial score (nSPS) is 20.7. The molecule has 6 rings (SSSR count). The Morgan fingerprint density at radius 2 is 1.07 bits per heavy atom. The van der Waals surface area contributed by atoms with Crippen molar-refractivity contribution in [3.05, 3.63) is 101 Å². The van der Waals surface area contributed by atoms with Gasteiger partial charge in [0.1, 0.15) is 12.4 Å². The molecular weight excluding hydrogens is 727 g/mol. The van der Waals surface area contributed by atoms with Crippen LogP contribution in [0.4, 0.5) is 4.79 Å². The molecule has 13 nitrogen and oxygen atoms in total. The zero-order valence-electron chi connectivity index (χ0n) is 32.5. The van der Waals surface area contributed by atoms with Crippen LogP contribution in [-0.4, -0.2) is 96.6 Å². The maximum absolute atomic E-state index is 13.9. The highest BCUT2D eigenvalue weighted by atomic mass is 16.5. The average molecular weight is 784 g/mol. The van der Waals surface area contributed by atoms with Crippen molar-refractivity contribution in [1.29, 1.82) is 0 Å². The van der Waals surface area contributed by atoms with Gasteiger partial charge in [-0.25, -0.2) is 4.79 Å². The van der Waals surface area contributed by atoms with Gasteiger partial charge in [-0.2, -0.15) is 0 Å². The van der Waals surface area contributed by atoms with Gasteiger partial charge in [0, 0.05) is 13.1 Å². The van der Waals surface area contributed by atoms with Crippen LogP contribution in [0.3, 0.4) is 0 Å². The number of nitrogens with zero attached hydrogens (tertiary/aromatic N) is 1. The number of nitrogens with one attached hydrogen (secondary N) is 4.